The number of carbonyl (C=O) groups excluding carboxylic acids is 1. The van der Waals surface area contributed by atoms with Gasteiger partial charge >= 0.3 is 18.9 Å². The van der Waals surface area contributed by atoms with Crippen LogP contribution in [0.3, 0.4) is 0 Å². The van der Waals surface area contributed by atoms with Crippen LogP contribution in [-0.4, -0.2) is 5.97 Å². The second kappa shape index (κ2) is 4.57. The predicted octanol–water partition coefficient (Wildman–Crippen LogP) is -3.45. The summed E-state index contributed by atoms with van der Waals surface area (Å²) in [5.74, 6) is -1.13. The third-order valence-corrected chi connectivity index (χ3v) is 1.48. The minimum atomic E-state index is -1.13. The number of carboxylic acid groups (broad SMARTS) is 1. The smallest absolute Gasteiger partial charge is 0.545 e. The van der Waals surface area contributed by atoms with Crippen molar-refractivity contribution in [3.63, 3.8) is 0 Å². The average molecular weight is 160 g/mol. The van der Waals surface area contributed by atoms with Crippen LogP contribution >= 0.6 is 9.24 Å². The topological polar surface area (TPSA) is 40.1 Å². The first kappa shape index (κ1) is 10.7. The molecule has 2 nitrogen and oxygen atoms in total. The van der Waals surface area contributed by atoms with E-state index in [2.05, 4.69) is 9.24 Å². The zero-order valence-corrected chi connectivity index (χ0v) is 7.36. The van der Waals surface area contributed by atoms with Crippen molar-refractivity contribution in [2.45, 2.75) is 0 Å². The Balaban J connectivity index is 0.000001000. The van der Waals surface area contributed by atoms with E-state index in [4.69, 9.17) is 0 Å². The first-order valence-corrected chi connectivity index (χ1v) is 3.35. The van der Waals surface area contributed by atoms with E-state index in [0.717, 1.165) is 5.30 Å². The van der Waals surface area contributed by atoms with E-state index in [1.165, 1.54) is 6.07 Å². The van der Waals surface area contributed by atoms with Crippen LogP contribution in [0.4, 0.5) is 0 Å². The number of carbonyl (C=O) groups is 1. The molecule has 0 aliphatic heterocycles. The molecule has 0 aliphatic rings. The van der Waals surface area contributed by atoms with Gasteiger partial charge in [-0.3, -0.25) is 0 Å². The predicted molar refractivity (Wildman–Crippen MR) is 40.1 cm³/mol. The second-order valence-corrected chi connectivity index (χ2v) is 2.58. The maximum atomic E-state index is 10.2. The number of rotatable bonds is 1. The summed E-state index contributed by atoms with van der Waals surface area (Å²) in [6.45, 7) is 0. The van der Waals surface area contributed by atoms with E-state index < -0.39 is 5.97 Å². The molecule has 0 saturated carbocycles. The van der Waals surface area contributed by atoms with Crippen molar-refractivity contribution in [1.82, 2.24) is 0 Å². The third kappa shape index (κ3) is 3.08. The monoisotopic (exact) mass is 160 g/mol. The van der Waals surface area contributed by atoms with Gasteiger partial charge in [-0.05, 0) is 16.9 Å². The van der Waals surface area contributed by atoms with E-state index in [1.54, 1.807) is 18.2 Å². The molecule has 0 aliphatic carbocycles. The molecule has 1 atom stereocenters. The number of hydrogen-bond acceptors (Lipinski definition) is 2. The van der Waals surface area contributed by atoms with Crippen molar-refractivity contribution < 1.29 is 28.8 Å². The SMILES string of the molecule is O=C([O-])c1cccc(P)c1.[Li+]. The van der Waals surface area contributed by atoms with Gasteiger partial charge in [-0.25, -0.2) is 0 Å². The Kier molecular flexibility index (Phi) is 4.45. The Morgan fingerprint density at radius 1 is 1.45 bits per heavy atom. The average Bonchev–Trinajstić information content (AvgIpc) is 1.88. The van der Waals surface area contributed by atoms with Gasteiger partial charge in [0.05, 0.1) is 5.97 Å². The standard InChI is InChI=1S/C7H7O2P.Li/c8-7(9)5-2-1-3-6(10)4-5;/h1-4H,10H2,(H,8,9);/q;+1/p-1. The number of carboxylic acids is 1. The summed E-state index contributed by atoms with van der Waals surface area (Å²) < 4.78 is 0. The molecule has 0 fully saturated rings. The van der Waals surface area contributed by atoms with Gasteiger partial charge in [0, 0.05) is 0 Å². The zero-order valence-electron chi connectivity index (χ0n) is 6.20. The molecule has 1 rings (SSSR count). The number of benzene rings is 1. The number of aromatic carboxylic acids is 1. The summed E-state index contributed by atoms with van der Waals surface area (Å²) in [5.41, 5.74) is 0.215. The fraction of sp³-hybridized carbons (Fsp3) is 0. The maximum Gasteiger partial charge on any atom is 1.00 e. The molecule has 0 N–H and O–H groups in total. The van der Waals surface area contributed by atoms with Gasteiger partial charge in [-0.1, -0.05) is 18.2 Å². The molecule has 11 heavy (non-hydrogen) atoms. The van der Waals surface area contributed by atoms with E-state index in [0.29, 0.717) is 0 Å². The minimum absolute atomic E-state index is 0. The van der Waals surface area contributed by atoms with Crippen molar-refractivity contribution in [3.8, 4) is 0 Å². The van der Waals surface area contributed by atoms with Crippen LogP contribution in [-0.2, 0) is 0 Å². The van der Waals surface area contributed by atoms with Crippen LogP contribution in [0, 0.1) is 0 Å². The van der Waals surface area contributed by atoms with Crippen LogP contribution in [0.5, 0.6) is 0 Å². The molecule has 0 bridgehead atoms. The van der Waals surface area contributed by atoms with Gasteiger partial charge in [0.15, 0.2) is 0 Å². The molecular formula is C7H6LiO2P. The van der Waals surface area contributed by atoms with Gasteiger partial charge in [0.25, 0.3) is 0 Å². The first-order chi connectivity index (χ1) is 4.70. The van der Waals surface area contributed by atoms with Crippen molar-refractivity contribution in [1.29, 1.82) is 0 Å². The van der Waals surface area contributed by atoms with Crippen LogP contribution in [0.2, 0.25) is 0 Å². The summed E-state index contributed by atoms with van der Waals surface area (Å²) in [6.07, 6.45) is 0. The van der Waals surface area contributed by atoms with Crippen LogP contribution in [0.15, 0.2) is 24.3 Å². The molecule has 52 valence electrons. The Morgan fingerprint density at radius 3 is 2.45 bits per heavy atom. The van der Waals surface area contributed by atoms with Crippen molar-refractivity contribution >= 4 is 20.5 Å². The molecule has 4 heteroatoms. The molecule has 1 aromatic rings. The second-order valence-electron chi connectivity index (χ2n) is 1.91. The van der Waals surface area contributed by atoms with E-state index in [9.17, 15) is 9.90 Å². The third-order valence-electron chi connectivity index (χ3n) is 1.12. The molecule has 1 aromatic carbocycles. The molecule has 0 radical (unpaired) electrons. The molecule has 0 heterocycles. The zero-order chi connectivity index (χ0) is 7.56. The molecule has 0 spiro atoms. The molecule has 0 aromatic heterocycles. The summed E-state index contributed by atoms with van der Waals surface area (Å²) >= 11 is 0. The molecule has 0 amide bonds. The Labute approximate surface area is 79.4 Å². The van der Waals surface area contributed by atoms with Gasteiger partial charge in [0.2, 0.25) is 0 Å². The van der Waals surface area contributed by atoms with E-state index in [-0.39, 0.29) is 24.4 Å². The Hall–Kier alpha value is -0.283. The largest absolute Gasteiger partial charge is 1.00 e. The van der Waals surface area contributed by atoms with E-state index >= 15 is 0 Å². The van der Waals surface area contributed by atoms with E-state index in [1.807, 2.05) is 0 Å². The number of hydrogen-bond donors (Lipinski definition) is 0. The van der Waals surface area contributed by atoms with Gasteiger partial charge in [-0.15, -0.1) is 9.24 Å². The summed E-state index contributed by atoms with van der Waals surface area (Å²) in [6, 6.07) is 6.52. The Morgan fingerprint density at radius 2 is 2.09 bits per heavy atom. The summed E-state index contributed by atoms with van der Waals surface area (Å²) in [5, 5.41) is 11.1. The fourth-order valence-electron chi connectivity index (χ4n) is 0.666. The van der Waals surface area contributed by atoms with Gasteiger partial charge in [-0.2, -0.15) is 0 Å². The van der Waals surface area contributed by atoms with Crippen molar-refractivity contribution in [3.05, 3.63) is 29.8 Å². The summed E-state index contributed by atoms with van der Waals surface area (Å²) in [7, 11) is 2.42. The Bertz CT molecular complexity index is 262. The quantitative estimate of drug-likeness (QED) is 0.316. The fourth-order valence-corrected chi connectivity index (χ4v) is 0.956. The van der Waals surface area contributed by atoms with Gasteiger partial charge < -0.3 is 9.90 Å². The van der Waals surface area contributed by atoms with Crippen LogP contribution in [0.1, 0.15) is 10.4 Å². The first-order valence-electron chi connectivity index (χ1n) is 2.77. The van der Waals surface area contributed by atoms with Crippen molar-refractivity contribution in [2.75, 3.05) is 0 Å². The summed E-state index contributed by atoms with van der Waals surface area (Å²) in [4.78, 5) is 10.2. The van der Waals surface area contributed by atoms with Crippen LogP contribution < -0.4 is 29.3 Å². The van der Waals surface area contributed by atoms with Gasteiger partial charge in [0.1, 0.15) is 0 Å². The van der Waals surface area contributed by atoms with Crippen molar-refractivity contribution in [2.24, 2.45) is 0 Å². The molecule has 1 unspecified atom stereocenters. The molecular weight excluding hydrogens is 154 g/mol. The maximum absolute atomic E-state index is 10.2. The minimum Gasteiger partial charge on any atom is -0.545 e. The van der Waals surface area contributed by atoms with Crippen LogP contribution in [0.25, 0.3) is 0 Å². The molecule has 0 saturated heterocycles. The normalized spacial score (nSPS) is 8.45.